The van der Waals surface area contributed by atoms with Gasteiger partial charge < -0.3 is 4.74 Å². The van der Waals surface area contributed by atoms with Crippen LogP contribution in [0.25, 0.3) is 0 Å². The predicted molar refractivity (Wildman–Crippen MR) is 61.0 cm³/mol. The van der Waals surface area contributed by atoms with E-state index in [0.717, 1.165) is 25.3 Å². The molecule has 0 aromatic heterocycles. The van der Waals surface area contributed by atoms with Gasteiger partial charge in [0.25, 0.3) is 0 Å². The first-order chi connectivity index (χ1) is 7.89. The van der Waals surface area contributed by atoms with Crippen molar-refractivity contribution in [1.82, 2.24) is 0 Å². The average molecular weight is 282 g/mol. The van der Waals surface area contributed by atoms with Gasteiger partial charge >= 0.3 is 5.97 Å². The lowest BCUT2D eigenvalue weighted by molar-refractivity contribution is 0.0601. The van der Waals surface area contributed by atoms with Crippen molar-refractivity contribution in [3.63, 3.8) is 0 Å². The van der Waals surface area contributed by atoms with Gasteiger partial charge in [0.2, 0.25) is 10.0 Å². The van der Waals surface area contributed by atoms with Crippen LogP contribution in [0.2, 0.25) is 0 Å². The average Bonchev–Trinajstić information content (AvgIpc) is 2.30. The van der Waals surface area contributed by atoms with E-state index in [4.69, 9.17) is 11.6 Å². The van der Waals surface area contributed by atoms with E-state index in [-0.39, 0.29) is 11.3 Å². The van der Waals surface area contributed by atoms with Crippen molar-refractivity contribution in [2.75, 3.05) is 17.0 Å². The van der Waals surface area contributed by atoms with Gasteiger partial charge in [-0.2, -0.15) is 0 Å². The van der Waals surface area contributed by atoms with Crippen LogP contribution in [0.1, 0.15) is 10.4 Å². The summed E-state index contributed by atoms with van der Waals surface area (Å²) in [5.41, 5.74) is -0.305. The zero-order chi connectivity index (χ0) is 13.1. The molecule has 0 radical (unpaired) electrons. The van der Waals surface area contributed by atoms with Gasteiger partial charge in [0.15, 0.2) is 0 Å². The van der Waals surface area contributed by atoms with E-state index in [0.29, 0.717) is 0 Å². The monoisotopic (exact) mass is 281 g/mol. The molecule has 0 amide bonds. The number of hydrogen-bond donors (Lipinski definition) is 1. The molecule has 0 unspecified atom stereocenters. The summed E-state index contributed by atoms with van der Waals surface area (Å²) in [4.78, 5) is 11.3. The first kappa shape index (κ1) is 13.7. The molecule has 0 aliphatic heterocycles. The van der Waals surface area contributed by atoms with Gasteiger partial charge in [0.05, 0.1) is 18.4 Å². The van der Waals surface area contributed by atoms with E-state index < -0.39 is 27.0 Å². The zero-order valence-electron chi connectivity index (χ0n) is 8.74. The highest BCUT2D eigenvalue weighted by atomic mass is 35.5. The second-order valence-electron chi connectivity index (χ2n) is 3.01. The Bertz CT molecular complexity index is 532. The number of anilines is 1. The molecule has 0 aliphatic rings. The molecule has 0 saturated carbocycles. The Morgan fingerprint density at radius 3 is 2.71 bits per heavy atom. The summed E-state index contributed by atoms with van der Waals surface area (Å²) in [7, 11) is -2.66. The zero-order valence-corrected chi connectivity index (χ0v) is 10.3. The minimum absolute atomic E-state index is 0.0844. The quantitative estimate of drug-likeness (QED) is 0.671. The van der Waals surface area contributed by atoms with E-state index in [9.17, 15) is 17.6 Å². The molecule has 1 N–H and O–H groups in total. The number of benzene rings is 1. The topological polar surface area (TPSA) is 72.5 Å². The van der Waals surface area contributed by atoms with Crippen LogP contribution < -0.4 is 4.72 Å². The number of carbonyl (C=O) groups excluding carboxylic acids is 1. The fourth-order valence-electron chi connectivity index (χ4n) is 1.08. The smallest absolute Gasteiger partial charge is 0.340 e. The van der Waals surface area contributed by atoms with E-state index in [1.54, 1.807) is 0 Å². The maximum absolute atomic E-state index is 12.9. The number of alkyl halides is 1. The van der Waals surface area contributed by atoms with Crippen LogP contribution in [0, 0.1) is 5.82 Å². The predicted octanol–water partition coefficient (Wildman–Crippen LogP) is 1.55. The Balaban J connectivity index is 3.20. The van der Waals surface area contributed by atoms with Crippen LogP contribution in [0.5, 0.6) is 0 Å². The molecular formula is C9H9ClFNO4S. The van der Waals surface area contributed by atoms with Crippen LogP contribution in [-0.4, -0.2) is 26.7 Å². The maximum atomic E-state index is 12.9. The number of sulfonamides is 1. The van der Waals surface area contributed by atoms with E-state index >= 15 is 0 Å². The Kier molecular flexibility index (Phi) is 4.30. The Labute approximate surface area is 103 Å². The Hall–Kier alpha value is -1.34. The van der Waals surface area contributed by atoms with Gasteiger partial charge in [0.1, 0.15) is 11.0 Å². The lowest BCUT2D eigenvalue weighted by atomic mass is 10.2. The molecule has 1 rings (SSSR count). The van der Waals surface area contributed by atoms with Crippen molar-refractivity contribution < 1.29 is 22.3 Å². The summed E-state index contributed by atoms with van der Waals surface area (Å²) < 4.78 is 41.9. The van der Waals surface area contributed by atoms with Crippen LogP contribution >= 0.6 is 11.6 Å². The summed E-state index contributed by atoms with van der Waals surface area (Å²) in [6.07, 6.45) is 0. The molecule has 1 aromatic rings. The lowest BCUT2D eigenvalue weighted by Crippen LogP contribution is -2.16. The molecular weight excluding hydrogens is 273 g/mol. The number of hydrogen-bond acceptors (Lipinski definition) is 4. The first-order valence-corrected chi connectivity index (χ1v) is 6.52. The summed E-state index contributed by atoms with van der Waals surface area (Å²) in [6, 6.07) is 3.00. The van der Waals surface area contributed by atoms with Crippen LogP contribution in [0.15, 0.2) is 18.2 Å². The third kappa shape index (κ3) is 3.57. The highest BCUT2D eigenvalue weighted by Gasteiger charge is 2.17. The molecule has 0 atom stereocenters. The summed E-state index contributed by atoms with van der Waals surface area (Å²) >= 11 is 5.20. The van der Waals surface area contributed by atoms with Crippen molar-refractivity contribution in [1.29, 1.82) is 0 Å². The van der Waals surface area contributed by atoms with Crippen molar-refractivity contribution in [2.24, 2.45) is 0 Å². The van der Waals surface area contributed by atoms with Crippen molar-refractivity contribution in [3.05, 3.63) is 29.6 Å². The van der Waals surface area contributed by atoms with Gasteiger partial charge in [-0.15, -0.1) is 11.6 Å². The van der Waals surface area contributed by atoms with Crippen molar-refractivity contribution in [3.8, 4) is 0 Å². The van der Waals surface area contributed by atoms with Gasteiger partial charge in [-0.05, 0) is 18.2 Å². The summed E-state index contributed by atoms with van der Waals surface area (Å²) in [5, 5.41) is -0.676. The fraction of sp³-hybridized carbons (Fsp3) is 0.222. The molecule has 0 fully saturated rings. The van der Waals surface area contributed by atoms with E-state index in [2.05, 4.69) is 9.46 Å². The van der Waals surface area contributed by atoms with Gasteiger partial charge in [-0.3, -0.25) is 4.72 Å². The number of methoxy groups -OCH3 is 1. The van der Waals surface area contributed by atoms with E-state index in [1.165, 1.54) is 0 Å². The molecule has 0 heterocycles. The molecule has 0 saturated heterocycles. The van der Waals surface area contributed by atoms with Crippen LogP contribution in [0.3, 0.4) is 0 Å². The number of rotatable bonds is 4. The highest BCUT2D eigenvalue weighted by molar-refractivity contribution is 7.93. The van der Waals surface area contributed by atoms with Crippen LogP contribution in [-0.2, 0) is 14.8 Å². The molecule has 17 heavy (non-hydrogen) atoms. The highest BCUT2D eigenvalue weighted by Crippen LogP contribution is 2.19. The van der Waals surface area contributed by atoms with Crippen LogP contribution in [0.4, 0.5) is 10.1 Å². The standard InChI is InChI=1S/C9H9ClFNO4S/c1-16-9(13)7-4-6(11)2-3-8(7)12-17(14,15)5-10/h2-4,12H,5H2,1H3. The molecule has 0 aliphatic carbocycles. The molecule has 0 bridgehead atoms. The SMILES string of the molecule is COC(=O)c1cc(F)ccc1NS(=O)(=O)CCl. The largest absolute Gasteiger partial charge is 0.465 e. The Morgan fingerprint density at radius 1 is 1.53 bits per heavy atom. The third-order valence-electron chi connectivity index (χ3n) is 1.80. The molecule has 8 heteroatoms. The summed E-state index contributed by atoms with van der Waals surface area (Å²) in [6.45, 7) is 0. The fourth-order valence-corrected chi connectivity index (χ4v) is 1.81. The number of esters is 1. The van der Waals surface area contributed by atoms with Gasteiger partial charge in [-0.25, -0.2) is 17.6 Å². The number of ether oxygens (including phenoxy) is 1. The second kappa shape index (κ2) is 5.33. The Morgan fingerprint density at radius 2 is 2.18 bits per heavy atom. The molecule has 5 nitrogen and oxygen atoms in total. The number of carbonyl (C=O) groups is 1. The molecule has 0 spiro atoms. The minimum Gasteiger partial charge on any atom is -0.465 e. The van der Waals surface area contributed by atoms with Crippen molar-refractivity contribution in [2.45, 2.75) is 0 Å². The van der Waals surface area contributed by atoms with Gasteiger partial charge in [0, 0.05) is 0 Å². The van der Waals surface area contributed by atoms with Gasteiger partial charge in [-0.1, -0.05) is 0 Å². The lowest BCUT2D eigenvalue weighted by Gasteiger charge is -2.09. The first-order valence-electron chi connectivity index (χ1n) is 4.34. The molecule has 94 valence electrons. The summed E-state index contributed by atoms with van der Waals surface area (Å²) in [5.74, 6) is -1.53. The number of nitrogens with one attached hydrogen (secondary N) is 1. The normalized spacial score (nSPS) is 11.0. The second-order valence-corrected chi connectivity index (χ2v) is 5.31. The molecule has 1 aromatic carbocycles. The third-order valence-corrected chi connectivity index (χ3v) is 3.48. The van der Waals surface area contributed by atoms with Crippen molar-refractivity contribution >= 4 is 33.3 Å². The maximum Gasteiger partial charge on any atom is 0.340 e. The number of halogens is 2. The van der Waals surface area contributed by atoms with E-state index in [1.807, 2.05) is 0 Å². The minimum atomic E-state index is -3.76.